The molecular weight excluding hydrogens is 382 g/mol. The molecule has 1 aromatic carbocycles. The van der Waals surface area contributed by atoms with Crippen molar-refractivity contribution in [1.82, 2.24) is 20.5 Å². The second kappa shape index (κ2) is 12.4. The molecule has 0 saturated carbocycles. The summed E-state index contributed by atoms with van der Waals surface area (Å²) in [6, 6.07) is 8.51. The number of aliphatic imine (C=N–C) groups is 1. The summed E-state index contributed by atoms with van der Waals surface area (Å²) < 4.78 is 5.43. The molecule has 0 aliphatic heterocycles. The highest BCUT2D eigenvalue weighted by molar-refractivity contribution is 7.09. The molecule has 6 nitrogen and oxygen atoms in total. The van der Waals surface area contributed by atoms with Crippen molar-refractivity contribution in [1.29, 1.82) is 0 Å². The minimum absolute atomic E-state index is 0.205. The third-order valence-electron chi connectivity index (χ3n) is 4.84. The molecule has 1 unspecified atom stereocenters. The minimum atomic E-state index is 0.205. The van der Waals surface area contributed by atoms with Gasteiger partial charge in [-0.1, -0.05) is 26.0 Å². The third kappa shape index (κ3) is 7.33. The maximum Gasteiger partial charge on any atom is 0.191 e. The van der Waals surface area contributed by atoms with Gasteiger partial charge in [0.1, 0.15) is 5.75 Å². The van der Waals surface area contributed by atoms with Gasteiger partial charge in [-0.15, -0.1) is 11.3 Å². The van der Waals surface area contributed by atoms with Crippen LogP contribution in [0.4, 0.5) is 0 Å². The number of ether oxygens (including phenoxy) is 1. The van der Waals surface area contributed by atoms with E-state index in [0.717, 1.165) is 55.0 Å². The summed E-state index contributed by atoms with van der Waals surface area (Å²) in [5.41, 5.74) is 2.36. The Kier molecular flexibility index (Phi) is 9.94. The molecule has 2 N–H and O–H groups in total. The van der Waals surface area contributed by atoms with Gasteiger partial charge in [0, 0.05) is 24.9 Å². The number of aryl methyl sites for hydroxylation is 1. The van der Waals surface area contributed by atoms with Gasteiger partial charge in [-0.25, -0.2) is 4.98 Å². The molecule has 0 fully saturated rings. The van der Waals surface area contributed by atoms with Crippen LogP contribution in [0.15, 0.2) is 34.6 Å². The van der Waals surface area contributed by atoms with E-state index in [-0.39, 0.29) is 6.04 Å². The van der Waals surface area contributed by atoms with Crippen molar-refractivity contribution in [3.05, 3.63) is 45.9 Å². The quantitative estimate of drug-likeness (QED) is 0.432. The lowest BCUT2D eigenvalue weighted by Crippen LogP contribution is -2.39. The van der Waals surface area contributed by atoms with Gasteiger partial charge in [-0.2, -0.15) is 0 Å². The number of guanidine groups is 1. The largest absolute Gasteiger partial charge is 0.497 e. The van der Waals surface area contributed by atoms with Gasteiger partial charge in [0.2, 0.25) is 0 Å². The summed E-state index contributed by atoms with van der Waals surface area (Å²) in [6.45, 7) is 12.8. The summed E-state index contributed by atoms with van der Waals surface area (Å²) in [4.78, 5) is 11.9. The minimum Gasteiger partial charge on any atom is -0.497 e. The average molecular weight is 418 g/mol. The van der Waals surface area contributed by atoms with Gasteiger partial charge in [0.15, 0.2) is 5.96 Å². The zero-order valence-corrected chi connectivity index (χ0v) is 19.2. The van der Waals surface area contributed by atoms with Crippen LogP contribution in [-0.4, -0.2) is 55.7 Å². The van der Waals surface area contributed by atoms with Gasteiger partial charge in [-0.3, -0.25) is 9.89 Å². The highest BCUT2D eigenvalue weighted by Gasteiger charge is 2.18. The molecule has 2 rings (SSSR count). The van der Waals surface area contributed by atoms with Gasteiger partial charge >= 0.3 is 0 Å². The van der Waals surface area contributed by atoms with Crippen molar-refractivity contribution in [3.63, 3.8) is 0 Å². The number of hydrogen-bond acceptors (Lipinski definition) is 5. The predicted molar refractivity (Wildman–Crippen MR) is 123 cm³/mol. The van der Waals surface area contributed by atoms with E-state index in [2.05, 4.69) is 58.8 Å². The van der Waals surface area contributed by atoms with Crippen molar-refractivity contribution in [2.45, 2.75) is 40.2 Å². The number of rotatable bonds is 11. The first-order valence-electron chi connectivity index (χ1n) is 10.4. The normalized spacial score (nSPS) is 12.8. The Balaban J connectivity index is 2.09. The lowest BCUT2D eigenvalue weighted by atomic mass is 10.0. The molecule has 160 valence electrons. The van der Waals surface area contributed by atoms with E-state index in [9.17, 15) is 0 Å². The number of thiazole rings is 1. The van der Waals surface area contributed by atoms with Crippen LogP contribution in [-0.2, 0) is 6.42 Å². The Morgan fingerprint density at radius 3 is 2.66 bits per heavy atom. The summed E-state index contributed by atoms with van der Waals surface area (Å²) in [7, 11) is 1.71. The van der Waals surface area contributed by atoms with Crippen molar-refractivity contribution < 1.29 is 4.74 Å². The molecule has 0 bridgehead atoms. The molecule has 0 amide bonds. The lowest BCUT2D eigenvalue weighted by molar-refractivity contribution is 0.224. The van der Waals surface area contributed by atoms with Crippen LogP contribution in [0.25, 0.3) is 0 Å². The predicted octanol–water partition coefficient (Wildman–Crippen LogP) is 3.64. The number of hydrogen-bond donors (Lipinski definition) is 2. The SMILES string of the molecule is CCNC(=NCC(c1cccc(OC)c1)N(CC)CC)NCCc1csc(C)n1. The maximum absolute atomic E-state index is 5.43. The number of aromatic nitrogens is 1. The summed E-state index contributed by atoms with van der Waals surface area (Å²) in [6.07, 6.45) is 0.893. The van der Waals surface area contributed by atoms with Crippen LogP contribution < -0.4 is 15.4 Å². The van der Waals surface area contributed by atoms with Crippen LogP contribution in [0.1, 0.15) is 43.1 Å². The number of likely N-dealkylation sites (N-methyl/N-ethyl adjacent to an activating group) is 1. The van der Waals surface area contributed by atoms with Gasteiger partial charge in [0.25, 0.3) is 0 Å². The molecule has 2 aromatic rings. The molecule has 0 aliphatic rings. The molecule has 0 spiro atoms. The van der Waals surface area contributed by atoms with Crippen LogP contribution in [0.2, 0.25) is 0 Å². The molecule has 0 saturated heterocycles. The summed E-state index contributed by atoms with van der Waals surface area (Å²) in [5, 5.41) is 10.0. The molecule has 29 heavy (non-hydrogen) atoms. The van der Waals surface area contributed by atoms with E-state index in [1.54, 1.807) is 18.4 Å². The number of nitrogens with one attached hydrogen (secondary N) is 2. The Labute approximate surface area is 179 Å². The number of methoxy groups -OCH3 is 1. The second-order valence-corrected chi connectivity index (χ2v) is 7.83. The fourth-order valence-electron chi connectivity index (χ4n) is 3.30. The Morgan fingerprint density at radius 2 is 2.03 bits per heavy atom. The van der Waals surface area contributed by atoms with E-state index in [1.807, 2.05) is 19.1 Å². The Bertz CT molecular complexity index is 757. The van der Waals surface area contributed by atoms with Gasteiger partial charge < -0.3 is 15.4 Å². The fraction of sp³-hybridized carbons (Fsp3) is 0.545. The molecule has 7 heteroatoms. The van der Waals surface area contributed by atoms with Crippen LogP contribution >= 0.6 is 11.3 Å². The Morgan fingerprint density at radius 1 is 1.24 bits per heavy atom. The molecular formula is C22H35N5OS. The van der Waals surface area contributed by atoms with Crippen LogP contribution in [0, 0.1) is 6.92 Å². The first kappa shape index (κ1) is 23.2. The second-order valence-electron chi connectivity index (χ2n) is 6.77. The molecule has 1 atom stereocenters. The zero-order valence-electron chi connectivity index (χ0n) is 18.4. The van der Waals surface area contributed by atoms with Crippen molar-refractivity contribution in [2.24, 2.45) is 4.99 Å². The Hall–Kier alpha value is -2.12. The number of benzene rings is 1. The molecule has 0 aliphatic carbocycles. The number of nitrogens with zero attached hydrogens (tertiary/aromatic N) is 3. The van der Waals surface area contributed by atoms with Crippen LogP contribution in [0.3, 0.4) is 0 Å². The average Bonchev–Trinajstić information content (AvgIpc) is 3.16. The van der Waals surface area contributed by atoms with Gasteiger partial charge in [-0.05, 0) is 44.6 Å². The van der Waals surface area contributed by atoms with E-state index in [1.165, 1.54) is 5.56 Å². The highest BCUT2D eigenvalue weighted by atomic mass is 32.1. The molecule has 0 radical (unpaired) electrons. The fourth-order valence-corrected chi connectivity index (χ4v) is 3.94. The van der Waals surface area contributed by atoms with Gasteiger partial charge in [0.05, 0.1) is 30.4 Å². The van der Waals surface area contributed by atoms with Crippen molar-refractivity contribution >= 4 is 17.3 Å². The van der Waals surface area contributed by atoms with E-state index in [0.29, 0.717) is 6.54 Å². The standard InChI is InChI=1S/C22H35N5OS/c1-6-23-22(24-13-12-19-16-29-17(4)26-19)25-15-21(27(7-2)8-3)18-10-9-11-20(14-18)28-5/h9-11,14,16,21H,6-8,12-13,15H2,1-5H3,(H2,23,24,25). The molecule has 1 heterocycles. The zero-order chi connectivity index (χ0) is 21.1. The lowest BCUT2D eigenvalue weighted by Gasteiger charge is -2.29. The topological polar surface area (TPSA) is 61.8 Å². The third-order valence-corrected chi connectivity index (χ3v) is 5.66. The van der Waals surface area contributed by atoms with Crippen LogP contribution in [0.5, 0.6) is 5.75 Å². The smallest absolute Gasteiger partial charge is 0.191 e. The van der Waals surface area contributed by atoms with E-state index >= 15 is 0 Å². The highest BCUT2D eigenvalue weighted by Crippen LogP contribution is 2.24. The monoisotopic (exact) mass is 417 g/mol. The van der Waals surface area contributed by atoms with Crippen molar-refractivity contribution in [2.75, 3.05) is 39.8 Å². The first-order valence-corrected chi connectivity index (χ1v) is 11.3. The maximum atomic E-state index is 5.43. The summed E-state index contributed by atoms with van der Waals surface area (Å²) in [5.74, 6) is 1.73. The van der Waals surface area contributed by atoms with E-state index < -0.39 is 0 Å². The first-order chi connectivity index (χ1) is 14.1. The molecule has 1 aromatic heterocycles. The summed E-state index contributed by atoms with van der Waals surface area (Å²) >= 11 is 1.70. The van der Waals surface area contributed by atoms with E-state index in [4.69, 9.17) is 9.73 Å². The van der Waals surface area contributed by atoms with Crippen molar-refractivity contribution in [3.8, 4) is 5.75 Å².